The molecule has 0 radical (unpaired) electrons. The van der Waals surface area contributed by atoms with Crippen LogP contribution >= 0.6 is 0 Å². The molecule has 0 saturated carbocycles. The lowest BCUT2D eigenvalue weighted by Crippen LogP contribution is -2.01. The highest BCUT2D eigenvalue weighted by molar-refractivity contribution is 6.18. The predicted molar refractivity (Wildman–Crippen MR) is 265 cm³/mol. The third kappa shape index (κ3) is 5.22. The first-order chi connectivity index (χ1) is 31.7. The van der Waals surface area contributed by atoms with Gasteiger partial charge in [0.2, 0.25) is 0 Å². The molecule has 5 nitrogen and oxygen atoms in total. The summed E-state index contributed by atoms with van der Waals surface area (Å²) in [6, 6.07) is 73.4. The zero-order valence-electron chi connectivity index (χ0n) is 34.3. The van der Waals surface area contributed by atoms with E-state index in [1.54, 1.807) is 0 Å². The van der Waals surface area contributed by atoms with Crippen LogP contribution in [-0.4, -0.2) is 19.5 Å². The Labute approximate surface area is 366 Å². The minimum absolute atomic E-state index is 0.543. The van der Waals surface area contributed by atoms with Crippen molar-refractivity contribution in [1.82, 2.24) is 19.5 Å². The van der Waals surface area contributed by atoms with Crippen molar-refractivity contribution in [3.63, 3.8) is 0 Å². The van der Waals surface area contributed by atoms with Crippen molar-refractivity contribution < 1.29 is 4.42 Å². The van der Waals surface area contributed by atoms with Crippen molar-refractivity contribution in [3.8, 4) is 39.9 Å². The average Bonchev–Trinajstić information content (AvgIpc) is 3.91. The van der Waals surface area contributed by atoms with Gasteiger partial charge in [-0.3, -0.25) is 0 Å². The quantitative estimate of drug-likeness (QED) is 0.166. The fourth-order valence-electron chi connectivity index (χ4n) is 10.1. The number of nitrogens with zero attached hydrogens (tertiary/aromatic N) is 4. The van der Waals surface area contributed by atoms with E-state index in [1.807, 2.05) is 12.1 Å². The van der Waals surface area contributed by atoms with Gasteiger partial charge >= 0.3 is 0 Å². The van der Waals surface area contributed by atoms with Crippen LogP contribution in [0.5, 0.6) is 0 Å². The second-order valence-corrected chi connectivity index (χ2v) is 16.8. The van der Waals surface area contributed by atoms with E-state index >= 15 is 0 Å². The molecule has 296 valence electrons. The Morgan fingerprint density at radius 3 is 1.52 bits per heavy atom. The Hall–Kier alpha value is -8.67. The van der Waals surface area contributed by atoms with E-state index in [1.165, 1.54) is 53.9 Å². The van der Waals surface area contributed by atoms with Crippen molar-refractivity contribution in [2.45, 2.75) is 0 Å². The maximum absolute atomic E-state index is 6.95. The molecule has 0 aliphatic rings. The summed E-state index contributed by atoms with van der Waals surface area (Å²) in [5, 5.41) is 16.3. The molecule has 0 aliphatic carbocycles. The molecule has 3 aromatic heterocycles. The van der Waals surface area contributed by atoms with Crippen LogP contribution in [0, 0.1) is 0 Å². The summed E-state index contributed by atoms with van der Waals surface area (Å²) in [6.45, 7) is 0. The highest BCUT2D eigenvalue weighted by Gasteiger charge is 2.23. The molecule has 0 amide bonds. The lowest BCUT2D eigenvalue weighted by molar-refractivity contribution is 0.669. The molecule has 3 heterocycles. The minimum Gasteiger partial charge on any atom is -0.455 e. The monoisotopic (exact) mass is 814 g/mol. The van der Waals surface area contributed by atoms with E-state index in [9.17, 15) is 0 Å². The molecule has 11 aromatic carbocycles. The molecule has 5 heteroatoms. The normalized spacial score (nSPS) is 12.1. The first-order valence-electron chi connectivity index (χ1n) is 21.7. The number of aromatic nitrogens is 4. The van der Waals surface area contributed by atoms with Crippen molar-refractivity contribution in [1.29, 1.82) is 0 Å². The fraction of sp³-hybridized carbons (Fsp3) is 0. The van der Waals surface area contributed by atoms with Gasteiger partial charge in [0.05, 0.1) is 27.7 Å². The van der Waals surface area contributed by atoms with Crippen LogP contribution in [-0.2, 0) is 0 Å². The standard InChI is InChI=1S/C59H34N4O/c1-2-14-38-34-53-50(33-37(38)13-1)47-17-7-9-19-51(47)63(53)52-30-29-49(56-55(52)48-18-8-10-20-54(48)64-56)59-61-57(41-25-27-45-39(31-41)23-21-35-11-3-5-15-43(35)45)60-58(62-59)42-26-28-46-40(32-42)24-22-36-12-4-6-16-44(36)46/h1-34H. The molecule has 64 heavy (non-hydrogen) atoms. The molecule has 0 unspecified atom stereocenters. The first-order valence-corrected chi connectivity index (χ1v) is 21.7. The molecule has 0 spiro atoms. The molecule has 0 N–H and O–H groups in total. The Kier molecular flexibility index (Phi) is 7.33. The summed E-state index contributed by atoms with van der Waals surface area (Å²) < 4.78 is 9.34. The van der Waals surface area contributed by atoms with Gasteiger partial charge in [-0.15, -0.1) is 0 Å². The molecule has 14 rings (SSSR count). The molecule has 14 aromatic rings. The van der Waals surface area contributed by atoms with Crippen LogP contribution in [0.1, 0.15) is 0 Å². The number of rotatable bonds is 4. The number of hydrogen-bond donors (Lipinski definition) is 0. The highest BCUT2D eigenvalue weighted by atomic mass is 16.3. The maximum atomic E-state index is 6.95. The van der Waals surface area contributed by atoms with Crippen molar-refractivity contribution in [3.05, 3.63) is 206 Å². The summed E-state index contributed by atoms with van der Waals surface area (Å²) in [5.41, 5.74) is 7.44. The van der Waals surface area contributed by atoms with Gasteiger partial charge in [0.25, 0.3) is 0 Å². The predicted octanol–water partition coefficient (Wildman–Crippen LogP) is 15.6. The van der Waals surface area contributed by atoms with Crippen LogP contribution in [0.25, 0.3) is 137 Å². The fourth-order valence-corrected chi connectivity index (χ4v) is 10.1. The molecular formula is C59H34N4O. The van der Waals surface area contributed by atoms with E-state index in [0.29, 0.717) is 17.5 Å². The summed E-state index contributed by atoms with van der Waals surface area (Å²) in [4.78, 5) is 15.9. The van der Waals surface area contributed by atoms with Gasteiger partial charge in [0.1, 0.15) is 11.2 Å². The van der Waals surface area contributed by atoms with Gasteiger partial charge in [0.15, 0.2) is 17.5 Å². The average molecular weight is 815 g/mol. The molecule has 0 bridgehead atoms. The minimum atomic E-state index is 0.543. The van der Waals surface area contributed by atoms with Crippen LogP contribution in [0.15, 0.2) is 211 Å². The summed E-state index contributed by atoms with van der Waals surface area (Å²) in [6.07, 6.45) is 0. The second-order valence-electron chi connectivity index (χ2n) is 16.8. The van der Waals surface area contributed by atoms with E-state index in [-0.39, 0.29) is 0 Å². The Bertz CT molecular complexity index is 4140. The van der Waals surface area contributed by atoms with Gasteiger partial charge in [-0.25, -0.2) is 15.0 Å². The van der Waals surface area contributed by atoms with Crippen LogP contribution in [0.4, 0.5) is 0 Å². The number of benzene rings is 11. The van der Waals surface area contributed by atoms with E-state index in [2.05, 4.69) is 199 Å². The molecule has 0 atom stereocenters. The first kappa shape index (κ1) is 35.0. The van der Waals surface area contributed by atoms with Crippen LogP contribution in [0.2, 0.25) is 0 Å². The van der Waals surface area contributed by atoms with Gasteiger partial charge < -0.3 is 8.98 Å². The van der Waals surface area contributed by atoms with Crippen molar-refractivity contribution >= 4 is 97.6 Å². The van der Waals surface area contributed by atoms with E-state index in [0.717, 1.165) is 66.1 Å². The van der Waals surface area contributed by atoms with Crippen molar-refractivity contribution in [2.24, 2.45) is 0 Å². The van der Waals surface area contributed by atoms with Gasteiger partial charge in [-0.1, -0.05) is 158 Å². The third-order valence-corrected chi connectivity index (χ3v) is 13.2. The number of furan rings is 1. The largest absolute Gasteiger partial charge is 0.455 e. The zero-order chi connectivity index (χ0) is 41.9. The van der Waals surface area contributed by atoms with Gasteiger partial charge in [0, 0.05) is 27.3 Å². The lowest BCUT2D eigenvalue weighted by atomic mass is 9.99. The second kappa shape index (κ2) is 13.4. The highest BCUT2D eigenvalue weighted by Crippen LogP contribution is 2.43. The Balaban J connectivity index is 1.03. The molecule has 0 aliphatic heterocycles. The third-order valence-electron chi connectivity index (χ3n) is 13.2. The smallest absolute Gasteiger partial charge is 0.167 e. The van der Waals surface area contributed by atoms with Gasteiger partial charge in [-0.05, 0) is 102 Å². The van der Waals surface area contributed by atoms with Gasteiger partial charge in [-0.2, -0.15) is 0 Å². The van der Waals surface area contributed by atoms with Crippen LogP contribution in [0.3, 0.4) is 0 Å². The number of para-hydroxylation sites is 2. The van der Waals surface area contributed by atoms with E-state index in [4.69, 9.17) is 19.4 Å². The summed E-state index contributed by atoms with van der Waals surface area (Å²) in [7, 11) is 0. The maximum Gasteiger partial charge on any atom is 0.167 e. The lowest BCUT2D eigenvalue weighted by Gasteiger charge is -2.13. The number of fused-ring (bicyclic) bond motifs is 13. The van der Waals surface area contributed by atoms with Crippen LogP contribution < -0.4 is 0 Å². The molecular weight excluding hydrogens is 781 g/mol. The molecule has 0 fully saturated rings. The molecule has 0 saturated heterocycles. The number of hydrogen-bond acceptors (Lipinski definition) is 4. The Morgan fingerprint density at radius 2 is 0.844 bits per heavy atom. The SMILES string of the molecule is c1ccc2cc3c(cc2c1)c1ccccc1n3-c1ccc(-c2nc(-c3ccc4c(ccc5ccccc54)c3)nc(-c3ccc4c(ccc5ccccc54)c3)n2)c2oc3ccccc3c12. The summed E-state index contributed by atoms with van der Waals surface area (Å²) in [5.74, 6) is 1.73. The van der Waals surface area contributed by atoms with Crippen molar-refractivity contribution in [2.75, 3.05) is 0 Å². The summed E-state index contributed by atoms with van der Waals surface area (Å²) >= 11 is 0. The zero-order valence-corrected chi connectivity index (χ0v) is 34.3. The van der Waals surface area contributed by atoms with E-state index < -0.39 is 0 Å². The topological polar surface area (TPSA) is 56.7 Å². The Morgan fingerprint density at radius 1 is 0.328 bits per heavy atom.